The molecule has 0 amide bonds. The molecule has 6 heteroatoms. The summed E-state index contributed by atoms with van der Waals surface area (Å²) in [4.78, 5) is 4.52. The molecule has 2 bridgehead atoms. The van der Waals surface area contributed by atoms with Crippen molar-refractivity contribution < 1.29 is 17.4 Å². The van der Waals surface area contributed by atoms with E-state index in [0.29, 0.717) is 21.8 Å². The molecule has 0 radical (unpaired) electrons. The third-order valence-electron chi connectivity index (χ3n) is 7.05. The quantitative estimate of drug-likeness (QED) is 0.624. The lowest BCUT2D eigenvalue weighted by atomic mass is 9.73. The van der Waals surface area contributed by atoms with Crippen molar-refractivity contribution in [2.24, 2.45) is 11.8 Å². The van der Waals surface area contributed by atoms with Crippen molar-refractivity contribution in [1.29, 1.82) is 0 Å². The van der Waals surface area contributed by atoms with Crippen molar-refractivity contribution in [1.82, 2.24) is 4.98 Å². The number of methoxy groups -OCH3 is 1. The standard InChI is InChI=1S/C21H26N2O3S/c1-4-14-13-23-10-8-15(14)11-20(23)21(26-27(23,3)24)17-7-9-22-19-6-5-16(25-2)12-18(17)19/h4-7,9,12,14-15,20-21H,1,8,10-11,13H2,2-3H3/p+1. The largest absolute Gasteiger partial charge is 0.497 e. The minimum absolute atomic E-state index is 0.110. The second kappa shape index (κ2) is 5.95. The number of nitrogens with zero attached hydrogens (tertiary/aromatic N) is 2. The summed E-state index contributed by atoms with van der Waals surface area (Å²) in [5.74, 6) is 1.94. The number of ether oxygens (including phenoxy) is 1. The number of rotatable bonds is 3. The van der Waals surface area contributed by atoms with Gasteiger partial charge in [-0.1, -0.05) is 16.9 Å². The normalized spacial score (nSPS) is 42.5. The zero-order valence-corrected chi connectivity index (χ0v) is 16.7. The van der Waals surface area contributed by atoms with Crippen LogP contribution >= 0.6 is 10.8 Å². The van der Waals surface area contributed by atoms with Crippen LogP contribution in [0, 0.1) is 11.8 Å². The Morgan fingerprint density at radius 3 is 3.04 bits per heavy atom. The molecule has 144 valence electrons. The zero-order valence-electron chi connectivity index (χ0n) is 15.9. The number of pyridine rings is 1. The monoisotopic (exact) mass is 387 g/mol. The second-order valence-corrected chi connectivity index (χ2v) is 10.6. The highest BCUT2D eigenvalue weighted by molar-refractivity contribution is 8.19. The third kappa shape index (κ3) is 2.34. The van der Waals surface area contributed by atoms with Gasteiger partial charge in [0.1, 0.15) is 24.9 Å². The van der Waals surface area contributed by atoms with Gasteiger partial charge < -0.3 is 4.74 Å². The number of hydrogen-bond donors (Lipinski definition) is 1. The fourth-order valence-corrected chi connectivity index (χ4v) is 8.00. The van der Waals surface area contributed by atoms with Gasteiger partial charge in [-0.2, -0.15) is 0 Å². The lowest BCUT2D eigenvalue weighted by Crippen LogP contribution is -2.64. The molecule has 4 aliphatic rings. The zero-order chi connectivity index (χ0) is 18.8. The van der Waals surface area contributed by atoms with E-state index >= 15 is 0 Å². The maximum absolute atomic E-state index is 11.4. The fourth-order valence-electron chi connectivity index (χ4n) is 5.62. The van der Waals surface area contributed by atoms with E-state index in [1.54, 1.807) is 7.11 Å². The van der Waals surface area contributed by atoms with Crippen molar-refractivity contribution in [3.05, 3.63) is 48.7 Å². The van der Waals surface area contributed by atoms with Gasteiger partial charge in [0.05, 0.1) is 18.9 Å². The Labute approximate surface area is 162 Å². The number of quaternary nitrogens is 1. The van der Waals surface area contributed by atoms with Gasteiger partial charge in [0.2, 0.25) is 0 Å². The molecule has 0 saturated carbocycles. The summed E-state index contributed by atoms with van der Waals surface area (Å²) in [6.45, 7) is 6.01. The maximum Gasteiger partial charge on any atom is 0.166 e. The van der Waals surface area contributed by atoms with Gasteiger partial charge >= 0.3 is 0 Å². The first-order valence-corrected chi connectivity index (χ1v) is 11.5. The Hall–Kier alpha value is -1.60. The van der Waals surface area contributed by atoms with Crippen LogP contribution in [-0.2, 0) is 4.18 Å². The van der Waals surface area contributed by atoms with Crippen molar-refractivity contribution in [2.45, 2.75) is 25.0 Å². The van der Waals surface area contributed by atoms with Crippen LogP contribution in [0.4, 0.5) is 0 Å². The first-order valence-electron chi connectivity index (χ1n) is 9.60. The Balaban J connectivity index is 1.64. The van der Waals surface area contributed by atoms with E-state index in [-0.39, 0.29) is 6.10 Å². The molecule has 4 aliphatic heterocycles. The minimum Gasteiger partial charge on any atom is -0.497 e. The van der Waals surface area contributed by atoms with Gasteiger partial charge in [-0.05, 0) is 30.2 Å². The third-order valence-corrected chi connectivity index (χ3v) is 9.58. The fraction of sp³-hybridized carbons (Fsp3) is 0.476. The molecule has 0 aliphatic carbocycles. The van der Waals surface area contributed by atoms with Crippen LogP contribution < -0.4 is 4.74 Å². The summed E-state index contributed by atoms with van der Waals surface area (Å²) in [6, 6.07) is 8.31. The molecule has 2 aromatic rings. The van der Waals surface area contributed by atoms with Gasteiger partial charge in [0, 0.05) is 35.9 Å². The van der Waals surface area contributed by atoms with Crippen LogP contribution in [-0.4, -0.2) is 45.9 Å². The highest BCUT2D eigenvalue weighted by atomic mass is 32.3. The van der Waals surface area contributed by atoms with Crippen LogP contribution in [0.5, 0.6) is 5.75 Å². The lowest BCUT2D eigenvalue weighted by molar-refractivity contribution is -0.852. The molecule has 6 rings (SSSR count). The number of piperidine rings is 3. The molecule has 1 N–H and O–H groups in total. The van der Waals surface area contributed by atoms with Crippen molar-refractivity contribution >= 4 is 21.7 Å². The Morgan fingerprint density at radius 2 is 2.26 bits per heavy atom. The topological polar surface area (TPSA) is 51.6 Å². The minimum atomic E-state index is -2.21. The molecule has 1 spiro atoms. The summed E-state index contributed by atoms with van der Waals surface area (Å²) < 4.78 is 24.1. The smallest absolute Gasteiger partial charge is 0.166 e. The summed E-state index contributed by atoms with van der Waals surface area (Å²) in [7, 11) is -0.527. The van der Waals surface area contributed by atoms with Crippen LogP contribution in [0.15, 0.2) is 43.1 Å². The van der Waals surface area contributed by atoms with E-state index in [2.05, 4.69) is 23.7 Å². The molecule has 6 unspecified atom stereocenters. The Bertz CT molecular complexity index is 917. The second-order valence-electron chi connectivity index (χ2n) is 8.17. The average Bonchev–Trinajstić information content (AvgIpc) is 2.94. The predicted octanol–water partition coefficient (Wildman–Crippen LogP) is 4.46. The molecule has 1 aromatic heterocycles. The molecular weight excluding hydrogens is 360 g/mol. The predicted molar refractivity (Wildman–Crippen MR) is 108 cm³/mol. The first-order chi connectivity index (χ1) is 13.0. The van der Waals surface area contributed by atoms with Gasteiger partial charge in [0.25, 0.3) is 0 Å². The Morgan fingerprint density at radius 1 is 1.41 bits per heavy atom. The summed E-state index contributed by atoms with van der Waals surface area (Å²) in [5, 5.41) is 1.06. The van der Waals surface area contributed by atoms with Gasteiger partial charge in [-0.15, -0.1) is 6.58 Å². The highest BCUT2D eigenvalue weighted by Crippen LogP contribution is 2.70. The van der Waals surface area contributed by atoms with Crippen molar-refractivity contribution in [3.63, 3.8) is 0 Å². The molecule has 4 fully saturated rings. The summed E-state index contributed by atoms with van der Waals surface area (Å²) >= 11 is 0. The maximum atomic E-state index is 11.4. The van der Waals surface area contributed by atoms with Gasteiger partial charge in [0.15, 0.2) is 6.10 Å². The van der Waals surface area contributed by atoms with Crippen LogP contribution in [0.25, 0.3) is 10.9 Å². The van der Waals surface area contributed by atoms with Crippen LogP contribution in [0.3, 0.4) is 0 Å². The van der Waals surface area contributed by atoms with Crippen molar-refractivity contribution in [2.75, 3.05) is 26.5 Å². The molecule has 5 nitrogen and oxygen atoms in total. The Kier molecular flexibility index (Phi) is 3.85. The number of hydrogen-bond acceptors (Lipinski definition) is 4. The molecule has 4 saturated heterocycles. The van der Waals surface area contributed by atoms with E-state index in [0.717, 1.165) is 48.1 Å². The summed E-state index contributed by atoms with van der Waals surface area (Å²) in [5.41, 5.74) is 2.05. The highest BCUT2D eigenvalue weighted by Gasteiger charge is 2.66. The van der Waals surface area contributed by atoms with Crippen LogP contribution in [0.2, 0.25) is 0 Å². The number of benzene rings is 1. The SMILES string of the molecule is C=CC1C[N+]23CCC1CC2C(c1ccnc2ccc(OC)cc12)OS3(C)O. The molecule has 5 heterocycles. The number of fused-ring (bicyclic) bond motifs is 3. The molecule has 1 aromatic carbocycles. The molecular formula is C21H27N2O3S+. The van der Waals surface area contributed by atoms with Crippen LogP contribution in [0.1, 0.15) is 24.5 Å². The van der Waals surface area contributed by atoms with E-state index in [1.807, 2.05) is 30.7 Å². The van der Waals surface area contributed by atoms with Crippen molar-refractivity contribution in [3.8, 4) is 5.75 Å². The first kappa shape index (κ1) is 17.5. The van der Waals surface area contributed by atoms with E-state index in [4.69, 9.17) is 8.92 Å². The lowest BCUT2D eigenvalue weighted by Gasteiger charge is -2.58. The molecule has 27 heavy (non-hydrogen) atoms. The molecule has 6 atom stereocenters. The summed E-state index contributed by atoms with van der Waals surface area (Å²) in [6.07, 6.45) is 7.99. The van der Waals surface area contributed by atoms with Gasteiger partial charge in [-0.3, -0.25) is 9.54 Å². The average molecular weight is 388 g/mol. The van der Waals surface area contributed by atoms with E-state index in [9.17, 15) is 4.55 Å². The van der Waals surface area contributed by atoms with E-state index in [1.165, 1.54) is 0 Å². The van der Waals surface area contributed by atoms with E-state index < -0.39 is 10.8 Å². The van der Waals surface area contributed by atoms with Gasteiger partial charge in [-0.25, -0.2) is 8.07 Å². The number of aromatic nitrogens is 1.